The van der Waals surface area contributed by atoms with Gasteiger partial charge >= 0.3 is 0 Å². The molecule has 1 aromatic rings. The summed E-state index contributed by atoms with van der Waals surface area (Å²) in [6.45, 7) is 9.32. The van der Waals surface area contributed by atoms with E-state index in [0.717, 1.165) is 38.7 Å². The van der Waals surface area contributed by atoms with Gasteiger partial charge in [0.05, 0.1) is 9.20 Å². The zero-order valence-electron chi connectivity index (χ0n) is 15.4. The van der Waals surface area contributed by atoms with Gasteiger partial charge in [0, 0.05) is 58.2 Å². The number of piperazine rings is 1. The second kappa shape index (κ2) is 9.00. The molecule has 1 saturated heterocycles. The van der Waals surface area contributed by atoms with Gasteiger partial charge in [-0.25, -0.2) is 0 Å². The Labute approximate surface area is 162 Å². The normalized spacial score (nSPS) is 16.8. The number of carbonyl (C=O) groups is 1. The second-order valence-electron chi connectivity index (χ2n) is 6.83. The van der Waals surface area contributed by atoms with E-state index in [4.69, 9.17) is 0 Å². The summed E-state index contributed by atoms with van der Waals surface area (Å²) in [6, 6.07) is 4.29. The van der Waals surface area contributed by atoms with Gasteiger partial charge in [0.1, 0.15) is 0 Å². The Morgan fingerprint density at radius 2 is 2.00 bits per heavy atom. The van der Waals surface area contributed by atoms with E-state index in [-0.39, 0.29) is 5.91 Å². The number of thiophene rings is 1. The molecule has 0 aromatic carbocycles. The first-order valence-electron chi connectivity index (χ1n) is 8.50. The zero-order chi connectivity index (χ0) is 18.4. The van der Waals surface area contributed by atoms with Crippen molar-refractivity contribution in [2.45, 2.75) is 20.4 Å². The first kappa shape index (κ1) is 20.2. The predicted molar refractivity (Wildman–Crippen MR) is 108 cm³/mol. The monoisotopic (exact) mass is 429 g/mol. The van der Waals surface area contributed by atoms with Crippen molar-refractivity contribution in [2.75, 3.05) is 46.8 Å². The molecule has 0 atom stereocenters. The minimum absolute atomic E-state index is 0.0300. The van der Waals surface area contributed by atoms with Crippen LogP contribution in [0.3, 0.4) is 0 Å². The van der Waals surface area contributed by atoms with Crippen molar-refractivity contribution in [1.82, 2.24) is 20.4 Å². The van der Waals surface area contributed by atoms with Crippen LogP contribution in [0.1, 0.15) is 18.7 Å². The maximum atomic E-state index is 11.9. The fourth-order valence-electron chi connectivity index (χ4n) is 2.83. The molecule has 0 aliphatic carbocycles. The van der Waals surface area contributed by atoms with Crippen molar-refractivity contribution in [3.63, 3.8) is 0 Å². The summed E-state index contributed by atoms with van der Waals surface area (Å²) in [5, 5.41) is 6.07. The van der Waals surface area contributed by atoms with Crippen LogP contribution in [0.25, 0.3) is 0 Å². The lowest BCUT2D eigenvalue weighted by Crippen LogP contribution is -2.54. The third-order valence-corrected chi connectivity index (χ3v) is 6.03. The number of guanidine groups is 1. The molecule has 0 unspecified atom stereocenters. The lowest BCUT2D eigenvalue weighted by atomic mass is 9.92. The van der Waals surface area contributed by atoms with Crippen LogP contribution < -0.4 is 10.6 Å². The number of aliphatic imine (C=N–C) groups is 1. The molecule has 25 heavy (non-hydrogen) atoms. The van der Waals surface area contributed by atoms with E-state index in [0.29, 0.717) is 6.54 Å². The van der Waals surface area contributed by atoms with Crippen LogP contribution in [0, 0.1) is 5.41 Å². The lowest BCUT2D eigenvalue weighted by molar-refractivity contribution is -0.128. The number of hydrogen-bond donors (Lipinski definition) is 2. The van der Waals surface area contributed by atoms with Gasteiger partial charge in [0.25, 0.3) is 0 Å². The Kier molecular flexibility index (Phi) is 7.27. The maximum absolute atomic E-state index is 11.9. The Hall–Kier alpha value is -1.12. The molecule has 2 rings (SSSR count). The SMILES string of the molecule is CN=C(NCC(C)(C)C(=O)NC)N1CCN(Cc2ccc(Br)s2)CC1. The quantitative estimate of drug-likeness (QED) is 0.554. The molecule has 0 spiro atoms. The van der Waals surface area contributed by atoms with Crippen LogP contribution >= 0.6 is 27.3 Å². The highest BCUT2D eigenvalue weighted by atomic mass is 79.9. The van der Waals surface area contributed by atoms with E-state index >= 15 is 0 Å². The minimum atomic E-state index is -0.473. The Morgan fingerprint density at radius 3 is 2.52 bits per heavy atom. The van der Waals surface area contributed by atoms with Crippen molar-refractivity contribution in [3.05, 3.63) is 20.8 Å². The highest BCUT2D eigenvalue weighted by molar-refractivity contribution is 9.11. The van der Waals surface area contributed by atoms with Gasteiger partial charge in [-0.3, -0.25) is 14.7 Å². The van der Waals surface area contributed by atoms with Gasteiger partial charge in [-0.05, 0) is 41.9 Å². The molecule has 6 nitrogen and oxygen atoms in total. The van der Waals surface area contributed by atoms with Crippen LogP contribution in [-0.2, 0) is 11.3 Å². The van der Waals surface area contributed by atoms with Crippen molar-refractivity contribution >= 4 is 39.1 Å². The molecule has 8 heteroatoms. The molecular formula is C17H28BrN5OS. The summed E-state index contributed by atoms with van der Waals surface area (Å²) in [5.41, 5.74) is -0.473. The van der Waals surface area contributed by atoms with E-state index in [1.54, 1.807) is 25.4 Å². The molecule has 0 bridgehead atoms. The Balaban J connectivity index is 1.82. The van der Waals surface area contributed by atoms with Crippen LogP contribution in [0.4, 0.5) is 0 Å². The summed E-state index contributed by atoms with van der Waals surface area (Å²) >= 11 is 5.32. The molecule has 1 aliphatic rings. The smallest absolute Gasteiger partial charge is 0.227 e. The van der Waals surface area contributed by atoms with E-state index in [9.17, 15) is 4.79 Å². The molecule has 1 aromatic heterocycles. The summed E-state index contributed by atoms with van der Waals surface area (Å²) in [4.78, 5) is 22.4. The van der Waals surface area contributed by atoms with Crippen molar-refractivity contribution in [2.24, 2.45) is 10.4 Å². The Morgan fingerprint density at radius 1 is 1.32 bits per heavy atom. The third-order valence-electron chi connectivity index (χ3n) is 4.42. The number of amides is 1. The number of hydrogen-bond acceptors (Lipinski definition) is 4. The van der Waals surface area contributed by atoms with Gasteiger partial charge in [0.15, 0.2) is 5.96 Å². The zero-order valence-corrected chi connectivity index (χ0v) is 17.8. The van der Waals surface area contributed by atoms with Gasteiger partial charge in [0.2, 0.25) is 5.91 Å². The van der Waals surface area contributed by atoms with Gasteiger partial charge in [-0.1, -0.05) is 0 Å². The lowest BCUT2D eigenvalue weighted by Gasteiger charge is -2.37. The predicted octanol–water partition coefficient (Wildman–Crippen LogP) is 1.98. The largest absolute Gasteiger partial charge is 0.359 e. The van der Waals surface area contributed by atoms with Gasteiger partial charge in [-0.2, -0.15) is 0 Å². The van der Waals surface area contributed by atoms with Crippen LogP contribution in [-0.4, -0.2) is 68.5 Å². The molecule has 0 saturated carbocycles. The summed E-state index contributed by atoms with van der Waals surface area (Å²) in [7, 11) is 3.47. The average Bonchev–Trinajstić information content (AvgIpc) is 3.00. The fraction of sp³-hybridized carbons (Fsp3) is 0.647. The van der Waals surface area contributed by atoms with Crippen LogP contribution in [0.2, 0.25) is 0 Å². The number of nitrogens with one attached hydrogen (secondary N) is 2. The van der Waals surface area contributed by atoms with Crippen molar-refractivity contribution in [3.8, 4) is 0 Å². The molecule has 1 aliphatic heterocycles. The van der Waals surface area contributed by atoms with Gasteiger partial charge in [-0.15, -0.1) is 11.3 Å². The van der Waals surface area contributed by atoms with Crippen molar-refractivity contribution in [1.29, 1.82) is 0 Å². The summed E-state index contributed by atoms with van der Waals surface area (Å²) in [5.74, 6) is 0.901. The number of halogens is 1. The molecule has 0 radical (unpaired) electrons. The number of carbonyl (C=O) groups excluding carboxylic acids is 1. The average molecular weight is 430 g/mol. The molecular weight excluding hydrogens is 402 g/mol. The fourth-order valence-corrected chi connectivity index (χ4v) is 4.35. The second-order valence-corrected chi connectivity index (χ2v) is 9.38. The standard InChI is InChI=1S/C17H28BrN5OS/c1-17(2,15(24)19-3)12-21-16(20-4)23-9-7-22(8-10-23)11-13-5-6-14(18)25-13/h5-6H,7-12H2,1-4H3,(H,19,24)(H,20,21). The molecule has 2 N–H and O–H groups in total. The van der Waals surface area contributed by atoms with Gasteiger partial charge < -0.3 is 15.5 Å². The number of nitrogens with zero attached hydrogens (tertiary/aromatic N) is 3. The van der Waals surface area contributed by atoms with Crippen molar-refractivity contribution < 1.29 is 4.79 Å². The first-order chi connectivity index (χ1) is 11.9. The van der Waals surface area contributed by atoms with E-state index < -0.39 is 5.41 Å². The summed E-state index contributed by atoms with van der Waals surface area (Å²) in [6.07, 6.45) is 0. The highest BCUT2D eigenvalue weighted by Crippen LogP contribution is 2.23. The molecule has 1 fully saturated rings. The topological polar surface area (TPSA) is 60.0 Å². The third kappa shape index (κ3) is 5.69. The van der Waals surface area contributed by atoms with Crippen LogP contribution in [0.5, 0.6) is 0 Å². The van der Waals surface area contributed by atoms with E-state index in [1.165, 1.54) is 8.66 Å². The molecule has 140 valence electrons. The number of rotatable bonds is 5. The maximum Gasteiger partial charge on any atom is 0.227 e. The van der Waals surface area contributed by atoms with E-state index in [1.807, 2.05) is 13.8 Å². The molecule has 1 amide bonds. The van der Waals surface area contributed by atoms with Crippen LogP contribution in [0.15, 0.2) is 20.9 Å². The minimum Gasteiger partial charge on any atom is -0.359 e. The highest BCUT2D eigenvalue weighted by Gasteiger charge is 2.28. The van der Waals surface area contributed by atoms with E-state index in [2.05, 4.69) is 53.5 Å². The Bertz CT molecular complexity index is 608. The summed E-state index contributed by atoms with van der Waals surface area (Å²) < 4.78 is 1.18. The first-order valence-corrected chi connectivity index (χ1v) is 10.1. The molecule has 2 heterocycles.